The first-order chi connectivity index (χ1) is 7.20. The SMILES string of the molecule is CCc1ccc2c(c1)CCC(C(C)C)N2. The van der Waals surface area contributed by atoms with Crippen molar-refractivity contribution in [1.29, 1.82) is 0 Å². The minimum atomic E-state index is 0.657. The van der Waals surface area contributed by atoms with Crippen LogP contribution in [0.2, 0.25) is 0 Å². The third-order valence-electron chi connectivity index (χ3n) is 3.45. The highest BCUT2D eigenvalue weighted by atomic mass is 14.9. The Morgan fingerprint density at radius 1 is 1.40 bits per heavy atom. The number of nitrogens with one attached hydrogen (secondary N) is 1. The molecule has 15 heavy (non-hydrogen) atoms. The van der Waals surface area contributed by atoms with E-state index >= 15 is 0 Å². The molecule has 1 aromatic rings. The Kier molecular flexibility index (Phi) is 2.99. The van der Waals surface area contributed by atoms with Gasteiger partial charge in [0.25, 0.3) is 0 Å². The number of benzene rings is 1. The van der Waals surface area contributed by atoms with E-state index in [4.69, 9.17) is 0 Å². The third-order valence-corrected chi connectivity index (χ3v) is 3.45. The molecule has 1 aliphatic heterocycles. The predicted molar refractivity (Wildman–Crippen MR) is 66.4 cm³/mol. The van der Waals surface area contributed by atoms with Gasteiger partial charge >= 0.3 is 0 Å². The average molecular weight is 203 g/mol. The lowest BCUT2D eigenvalue weighted by atomic mass is 9.90. The predicted octanol–water partition coefficient (Wildman–Crippen LogP) is 3.63. The molecule has 1 aromatic carbocycles. The van der Waals surface area contributed by atoms with E-state index in [0.717, 1.165) is 12.3 Å². The van der Waals surface area contributed by atoms with Crippen LogP contribution >= 0.6 is 0 Å². The van der Waals surface area contributed by atoms with Crippen LogP contribution in [0.25, 0.3) is 0 Å². The second-order valence-corrected chi connectivity index (χ2v) is 4.88. The molecule has 2 rings (SSSR count). The molecule has 0 bridgehead atoms. The fourth-order valence-corrected chi connectivity index (χ4v) is 2.30. The molecular weight excluding hydrogens is 182 g/mol. The van der Waals surface area contributed by atoms with Crippen molar-refractivity contribution < 1.29 is 0 Å². The van der Waals surface area contributed by atoms with Gasteiger partial charge in [0.1, 0.15) is 0 Å². The summed E-state index contributed by atoms with van der Waals surface area (Å²) in [4.78, 5) is 0. The van der Waals surface area contributed by atoms with Crippen LogP contribution in [0.5, 0.6) is 0 Å². The van der Waals surface area contributed by atoms with Crippen LogP contribution in [0, 0.1) is 5.92 Å². The first-order valence-electron chi connectivity index (χ1n) is 6.09. The Hall–Kier alpha value is -0.980. The van der Waals surface area contributed by atoms with Crippen molar-refractivity contribution in [3.63, 3.8) is 0 Å². The summed E-state index contributed by atoms with van der Waals surface area (Å²) in [5.41, 5.74) is 4.32. The molecule has 0 aliphatic carbocycles. The molecule has 0 aromatic heterocycles. The van der Waals surface area contributed by atoms with Gasteiger partial charge in [0, 0.05) is 11.7 Å². The van der Waals surface area contributed by atoms with Gasteiger partial charge in [0.15, 0.2) is 0 Å². The quantitative estimate of drug-likeness (QED) is 0.774. The highest BCUT2D eigenvalue weighted by Gasteiger charge is 2.19. The molecule has 1 heteroatoms. The van der Waals surface area contributed by atoms with E-state index in [9.17, 15) is 0 Å². The minimum Gasteiger partial charge on any atom is -0.382 e. The Balaban J connectivity index is 2.21. The number of hydrogen-bond acceptors (Lipinski definition) is 1. The zero-order chi connectivity index (χ0) is 10.8. The van der Waals surface area contributed by atoms with Gasteiger partial charge < -0.3 is 5.32 Å². The van der Waals surface area contributed by atoms with Gasteiger partial charge in [-0.3, -0.25) is 0 Å². The number of anilines is 1. The molecule has 1 atom stereocenters. The van der Waals surface area contributed by atoms with Crippen LogP contribution < -0.4 is 5.32 Å². The number of hydrogen-bond donors (Lipinski definition) is 1. The van der Waals surface area contributed by atoms with E-state index in [1.165, 1.54) is 29.7 Å². The Morgan fingerprint density at radius 2 is 2.20 bits per heavy atom. The zero-order valence-corrected chi connectivity index (χ0v) is 10.0. The van der Waals surface area contributed by atoms with Gasteiger partial charge in [0.05, 0.1) is 0 Å². The first kappa shape index (κ1) is 10.5. The molecule has 1 aliphatic rings. The fraction of sp³-hybridized carbons (Fsp3) is 0.571. The van der Waals surface area contributed by atoms with Crippen molar-refractivity contribution in [1.82, 2.24) is 0 Å². The van der Waals surface area contributed by atoms with Gasteiger partial charge in [-0.2, -0.15) is 0 Å². The summed E-state index contributed by atoms with van der Waals surface area (Å²) < 4.78 is 0. The van der Waals surface area contributed by atoms with Crippen LogP contribution in [0.15, 0.2) is 18.2 Å². The number of aryl methyl sites for hydroxylation is 2. The van der Waals surface area contributed by atoms with Crippen molar-refractivity contribution in [3.8, 4) is 0 Å². The smallest absolute Gasteiger partial charge is 0.0375 e. The fourth-order valence-electron chi connectivity index (χ4n) is 2.30. The van der Waals surface area contributed by atoms with E-state index in [2.05, 4.69) is 44.3 Å². The van der Waals surface area contributed by atoms with Crippen molar-refractivity contribution in [2.75, 3.05) is 5.32 Å². The summed E-state index contributed by atoms with van der Waals surface area (Å²) in [5.74, 6) is 0.726. The van der Waals surface area contributed by atoms with E-state index in [0.29, 0.717) is 6.04 Å². The summed E-state index contributed by atoms with van der Waals surface area (Å²) in [7, 11) is 0. The first-order valence-corrected chi connectivity index (χ1v) is 6.09. The Bertz CT molecular complexity index is 341. The monoisotopic (exact) mass is 203 g/mol. The maximum Gasteiger partial charge on any atom is 0.0375 e. The molecule has 82 valence electrons. The van der Waals surface area contributed by atoms with E-state index in [1.807, 2.05) is 0 Å². The second kappa shape index (κ2) is 4.26. The van der Waals surface area contributed by atoms with Crippen molar-refractivity contribution in [3.05, 3.63) is 29.3 Å². The molecule has 1 unspecified atom stereocenters. The van der Waals surface area contributed by atoms with Gasteiger partial charge in [-0.05, 0) is 42.4 Å². The zero-order valence-electron chi connectivity index (χ0n) is 10.0. The van der Waals surface area contributed by atoms with Crippen LogP contribution in [0.3, 0.4) is 0 Å². The van der Waals surface area contributed by atoms with Crippen LogP contribution in [-0.2, 0) is 12.8 Å². The van der Waals surface area contributed by atoms with E-state index in [-0.39, 0.29) is 0 Å². The van der Waals surface area contributed by atoms with Gasteiger partial charge in [0.2, 0.25) is 0 Å². The largest absolute Gasteiger partial charge is 0.382 e. The lowest BCUT2D eigenvalue weighted by Gasteiger charge is -2.30. The third kappa shape index (κ3) is 2.17. The molecule has 1 heterocycles. The Labute approximate surface area is 92.9 Å². The number of fused-ring (bicyclic) bond motifs is 1. The van der Waals surface area contributed by atoms with Crippen LogP contribution in [0.1, 0.15) is 38.3 Å². The van der Waals surface area contributed by atoms with Crippen molar-refractivity contribution >= 4 is 5.69 Å². The lowest BCUT2D eigenvalue weighted by Crippen LogP contribution is -2.30. The van der Waals surface area contributed by atoms with Crippen LogP contribution in [-0.4, -0.2) is 6.04 Å². The highest BCUT2D eigenvalue weighted by Crippen LogP contribution is 2.28. The number of rotatable bonds is 2. The Morgan fingerprint density at radius 3 is 2.87 bits per heavy atom. The van der Waals surface area contributed by atoms with Gasteiger partial charge in [-0.15, -0.1) is 0 Å². The van der Waals surface area contributed by atoms with Crippen molar-refractivity contribution in [2.45, 2.75) is 46.1 Å². The van der Waals surface area contributed by atoms with Gasteiger partial charge in [-0.1, -0.05) is 32.9 Å². The molecular formula is C14H21N. The summed E-state index contributed by atoms with van der Waals surface area (Å²) in [5, 5.41) is 3.65. The maximum atomic E-state index is 3.65. The summed E-state index contributed by atoms with van der Waals surface area (Å²) in [6.07, 6.45) is 3.65. The summed E-state index contributed by atoms with van der Waals surface area (Å²) in [6.45, 7) is 6.81. The normalized spacial score (nSPS) is 19.9. The average Bonchev–Trinajstić information content (AvgIpc) is 2.27. The molecule has 0 fully saturated rings. The standard InChI is InChI=1S/C14H21N/c1-4-11-5-7-14-12(9-11)6-8-13(15-14)10(2)3/h5,7,9-10,13,15H,4,6,8H2,1-3H3. The summed E-state index contributed by atoms with van der Waals surface area (Å²) >= 11 is 0. The van der Waals surface area contributed by atoms with Gasteiger partial charge in [-0.25, -0.2) is 0 Å². The minimum absolute atomic E-state index is 0.657. The molecule has 0 saturated heterocycles. The highest BCUT2D eigenvalue weighted by molar-refractivity contribution is 5.55. The second-order valence-electron chi connectivity index (χ2n) is 4.88. The molecule has 0 spiro atoms. The molecule has 1 N–H and O–H groups in total. The lowest BCUT2D eigenvalue weighted by molar-refractivity contribution is 0.483. The van der Waals surface area contributed by atoms with E-state index < -0.39 is 0 Å². The molecule has 1 nitrogen and oxygen atoms in total. The molecule has 0 radical (unpaired) electrons. The topological polar surface area (TPSA) is 12.0 Å². The maximum absolute atomic E-state index is 3.65. The summed E-state index contributed by atoms with van der Waals surface area (Å²) in [6, 6.07) is 7.51. The van der Waals surface area contributed by atoms with Crippen molar-refractivity contribution in [2.24, 2.45) is 5.92 Å². The van der Waals surface area contributed by atoms with Crippen LogP contribution in [0.4, 0.5) is 5.69 Å². The van der Waals surface area contributed by atoms with E-state index in [1.54, 1.807) is 0 Å². The molecule has 0 saturated carbocycles. The molecule has 0 amide bonds.